The smallest absolute Gasteiger partial charge is 0.409 e. The molecule has 5 rings (SSSR count). The number of carbonyl (C=O) groups is 6. The van der Waals surface area contributed by atoms with Crippen molar-refractivity contribution in [1.82, 2.24) is 30.3 Å². The average Bonchev–Trinajstić information content (AvgIpc) is 3.65. The van der Waals surface area contributed by atoms with Crippen LogP contribution in [0, 0.1) is 6.92 Å². The highest BCUT2D eigenvalue weighted by Crippen LogP contribution is 2.28. The van der Waals surface area contributed by atoms with E-state index < -0.39 is 36.0 Å². The van der Waals surface area contributed by atoms with Crippen molar-refractivity contribution >= 4 is 46.6 Å². The van der Waals surface area contributed by atoms with Crippen LogP contribution in [0.5, 0.6) is 5.75 Å². The quantitative estimate of drug-likeness (QED) is 0.189. The van der Waals surface area contributed by atoms with Crippen molar-refractivity contribution in [3.8, 4) is 5.75 Å². The Morgan fingerprint density at radius 2 is 1.65 bits per heavy atom. The Labute approximate surface area is 321 Å². The average molecular weight is 767 g/mol. The van der Waals surface area contributed by atoms with Crippen LogP contribution in [-0.2, 0) is 33.4 Å². The molecule has 300 valence electrons. The summed E-state index contributed by atoms with van der Waals surface area (Å²) in [5.74, 6) is -1.90. The standard InChI is InChI=1S/C39H54N6O10/c1-5-52-39(51)44-18-16-43(17-19-44)38(50)29(13-14-35(47)54-21-20-53-25(2)3)42-36(48)31-23-33(28-12-11-26(4)22-30(28)41-31)55-24-34(46)45-15-7-10-32(45)37(49)40-27-8-6-9-27/h11-12,22-23,25,27,29,32H,5-10,13-21,24H2,1-4H3,(H,40,49)(H,42,48). The molecule has 0 radical (unpaired) electrons. The van der Waals surface area contributed by atoms with Crippen LogP contribution in [0.2, 0.25) is 0 Å². The summed E-state index contributed by atoms with van der Waals surface area (Å²) in [6.45, 7) is 8.85. The van der Waals surface area contributed by atoms with Crippen LogP contribution >= 0.6 is 0 Å². The normalized spacial score (nSPS) is 17.8. The minimum Gasteiger partial charge on any atom is -0.483 e. The minimum atomic E-state index is -1.12. The van der Waals surface area contributed by atoms with E-state index >= 15 is 0 Å². The Morgan fingerprint density at radius 1 is 0.909 bits per heavy atom. The molecule has 55 heavy (non-hydrogen) atoms. The van der Waals surface area contributed by atoms with E-state index in [9.17, 15) is 28.8 Å². The van der Waals surface area contributed by atoms with E-state index in [1.54, 1.807) is 24.0 Å². The van der Waals surface area contributed by atoms with E-state index in [2.05, 4.69) is 15.6 Å². The number of fused-ring (bicyclic) bond motifs is 1. The van der Waals surface area contributed by atoms with Crippen LogP contribution < -0.4 is 15.4 Å². The highest BCUT2D eigenvalue weighted by molar-refractivity contribution is 5.99. The Kier molecular flexibility index (Phi) is 14.6. The summed E-state index contributed by atoms with van der Waals surface area (Å²) in [7, 11) is 0. The number of piperazine rings is 1. The molecule has 16 nitrogen and oxygen atoms in total. The number of amides is 5. The highest BCUT2D eigenvalue weighted by atomic mass is 16.6. The van der Waals surface area contributed by atoms with E-state index in [1.165, 1.54) is 15.9 Å². The van der Waals surface area contributed by atoms with Gasteiger partial charge in [0, 0.05) is 56.6 Å². The first-order valence-corrected chi connectivity index (χ1v) is 19.4. The molecule has 3 fully saturated rings. The SMILES string of the molecule is CCOC(=O)N1CCN(C(=O)C(CCC(=O)OCCOC(C)C)NC(=O)c2cc(OCC(=O)N3CCCC3C(=O)NC3CCC3)c3ccc(C)cc3n2)CC1. The lowest BCUT2D eigenvalue weighted by Crippen LogP contribution is -2.56. The number of nitrogens with one attached hydrogen (secondary N) is 2. The number of esters is 1. The number of pyridine rings is 1. The maximum atomic E-state index is 13.9. The first-order chi connectivity index (χ1) is 26.4. The number of aryl methyl sites for hydroxylation is 1. The predicted octanol–water partition coefficient (Wildman–Crippen LogP) is 2.73. The zero-order valence-corrected chi connectivity index (χ0v) is 32.3. The predicted molar refractivity (Wildman–Crippen MR) is 200 cm³/mol. The third kappa shape index (κ3) is 11.3. The number of rotatable bonds is 16. The molecule has 2 saturated heterocycles. The maximum absolute atomic E-state index is 13.9. The van der Waals surface area contributed by atoms with Gasteiger partial charge in [-0.05, 0) is 83.9 Å². The molecule has 1 aromatic heterocycles. The molecule has 2 aliphatic heterocycles. The number of nitrogens with zero attached hydrogens (tertiary/aromatic N) is 4. The zero-order valence-electron chi connectivity index (χ0n) is 32.3. The van der Waals surface area contributed by atoms with Crippen molar-refractivity contribution in [2.75, 3.05) is 59.2 Å². The van der Waals surface area contributed by atoms with Gasteiger partial charge in [0.25, 0.3) is 11.8 Å². The number of carbonyl (C=O) groups excluding carboxylic acids is 6. The summed E-state index contributed by atoms with van der Waals surface area (Å²) >= 11 is 0. The van der Waals surface area contributed by atoms with Crippen molar-refractivity contribution in [2.45, 2.75) is 96.9 Å². The molecule has 3 heterocycles. The molecule has 2 aromatic rings. The van der Waals surface area contributed by atoms with E-state index in [-0.39, 0.29) is 101 Å². The summed E-state index contributed by atoms with van der Waals surface area (Å²) in [6, 6.07) is 5.36. The van der Waals surface area contributed by atoms with Crippen molar-refractivity contribution in [1.29, 1.82) is 0 Å². The molecule has 2 unspecified atom stereocenters. The van der Waals surface area contributed by atoms with Crippen molar-refractivity contribution in [3.63, 3.8) is 0 Å². The molecular formula is C39H54N6O10. The summed E-state index contributed by atoms with van der Waals surface area (Å²) in [4.78, 5) is 88.2. The molecule has 5 amide bonds. The van der Waals surface area contributed by atoms with Crippen LogP contribution in [0.3, 0.4) is 0 Å². The van der Waals surface area contributed by atoms with E-state index in [0.29, 0.717) is 30.3 Å². The van der Waals surface area contributed by atoms with Crippen LogP contribution in [0.25, 0.3) is 10.9 Å². The van der Waals surface area contributed by atoms with E-state index in [0.717, 1.165) is 24.8 Å². The topological polar surface area (TPSA) is 186 Å². The molecule has 16 heteroatoms. The van der Waals surface area contributed by atoms with Crippen LogP contribution in [-0.4, -0.2) is 139 Å². The van der Waals surface area contributed by atoms with E-state index in [1.807, 2.05) is 26.8 Å². The Balaban J connectivity index is 1.29. The zero-order chi connectivity index (χ0) is 39.5. The maximum Gasteiger partial charge on any atom is 0.409 e. The second kappa shape index (κ2) is 19.6. The highest BCUT2D eigenvalue weighted by Gasteiger charge is 2.36. The fourth-order valence-corrected chi connectivity index (χ4v) is 6.76. The number of aromatic nitrogens is 1. The molecule has 1 aromatic carbocycles. The van der Waals surface area contributed by atoms with Gasteiger partial charge >= 0.3 is 12.1 Å². The second-order valence-electron chi connectivity index (χ2n) is 14.4. The molecule has 1 aliphatic carbocycles. The van der Waals surface area contributed by atoms with Gasteiger partial charge in [-0.1, -0.05) is 6.07 Å². The summed E-state index contributed by atoms with van der Waals surface area (Å²) in [5, 5.41) is 6.40. The Morgan fingerprint density at radius 3 is 2.35 bits per heavy atom. The van der Waals surface area contributed by atoms with Gasteiger partial charge in [0.1, 0.15) is 30.1 Å². The number of hydrogen-bond acceptors (Lipinski definition) is 11. The third-order valence-electron chi connectivity index (χ3n) is 9.99. The van der Waals surface area contributed by atoms with Crippen LogP contribution in [0.1, 0.15) is 81.8 Å². The number of likely N-dealkylation sites (tertiary alicyclic amines) is 1. The molecule has 0 bridgehead atoms. The van der Waals surface area contributed by atoms with Crippen molar-refractivity contribution in [2.24, 2.45) is 0 Å². The third-order valence-corrected chi connectivity index (χ3v) is 9.99. The minimum absolute atomic E-state index is 0.0220. The van der Waals surface area contributed by atoms with Gasteiger partial charge < -0.3 is 44.3 Å². The number of hydrogen-bond donors (Lipinski definition) is 2. The lowest BCUT2D eigenvalue weighted by Gasteiger charge is -2.36. The lowest BCUT2D eigenvalue weighted by molar-refractivity contribution is -0.146. The van der Waals surface area contributed by atoms with Gasteiger partial charge in [0.05, 0.1) is 24.8 Å². The Bertz CT molecular complexity index is 1710. The number of ether oxygens (including phenoxy) is 4. The lowest BCUT2D eigenvalue weighted by atomic mass is 9.93. The van der Waals surface area contributed by atoms with E-state index in [4.69, 9.17) is 18.9 Å². The number of benzene rings is 1. The molecule has 3 aliphatic rings. The van der Waals surface area contributed by atoms with Gasteiger partial charge in [-0.25, -0.2) is 9.78 Å². The van der Waals surface area contributed by atoms with Gasteiger partial charge in [0.15, 0.2) is 6.61 Å². The fourth-order valence-electron chi connectivity index (χ4n) is 6.76. The largest absolute Gasteiger partial charge is 0.483 e. The molecule has 2 N–H and O–H groups in total. The molecule has 0 spiro atoms. The van der Waals surface area contributed by atoms with Crippen molar-refractivity contribution < 1.29 is 47.7 Å². The van der Waals surface area contributed by atoms with Gasteiger partial charge in [-0.2, -0.15) is 0 Å². The van der Waals surface area contributed by atoms with Crippen molar-refractivity contribution in [3.05, 3.63) is 35.5 Å². The summed E-state index contributed by atoms with van der Waals surface area (Å²) in [5.41, 5.74) is 1.27. The summed E-state index contributed by atoms with van der Waals surface area (Å²) < 4.78 is 21.9. The Hall–Kier alpha value is -4.99. The summed E-state index contributed by atoms with van der Waals surface area (Å²) in [6.07, 6.45) is 3.58. The van der Waals surface area contributed by atoms with Crippen LogP contribution in [0.15, 0.2) is 24.3 Å². The van der Waals surface area contributed by atoms with Crippen LogP contribution in [0.4, 0.5) is 4.79 Å². The first kappa shape index (κ1) is 41.2. The monoisotopic (exact) mass is 766 g/mol. The van der Waals surface area contributed by atoms with Gasteiger partial charge in [0.2, 0.25) is 11.8 Å². The molecule has 1 saturated carbocycles. The fraction of sp³-hybridized carbons (Fsp3) is 0.615. The molecular weight excluding hydrogens is 712 g/mol. The second-order valence-corrected chi connectivity index (χ2v) is 14.4. The van der Waals surface area contributed by atoms with Gasteiger partial charge in [-0.15, -0.1) is 0 Å². The first-order valence-electron chi connectivity index (χ1n) is 19.4. The molecule has 2 atom stereocenters. The van der Waals surface area contributed by atoms with Gasteiger partial charge in [-0.3, -0.25) is 24.0 Å².